The summed E-state index contributed by atoms with van der Waals surface area (Å²) in [5.41, 5.74) is 2.43. The maximum atomic E-state index is 13.0. The second-order valence-corrected chi connectivity index (χ2v) is 8.45. The van der Waals surface area contributed by atoms with Crippen LogP contribution in [-0.2, 0) is 17.6 Å². The molecule has 2 aromatic heterocycles. The van der Waals surface area contributed by atoms with Gasteiger partial charge in [0.2, 0.25) is 5.91 Å². The number of nitrogens with one attached hydrogen (secondary N) is 1. The van der Waals surface area contributed by atoms with Gasteiger partial charge in [-0.3, -0.25) is 14.9 Å². The Morgan fingerprint density at radius 3 is 2.83 bits per heavy atom. The van der Waals surface area contributed by atoms with Crippen molar-refractivity contribution in [3.8, 4) is 0 Å². The van der Waals surface area contributed by atoms with Crippen molar-refractivity contribution in [2.75, 3.05) is 11.9 Å². The van der Waals surface area contributed by atoms with Gasteiger partial charge in [0.15, 0.2) is 5.13 Å². The van der Waals surface area contributed by atoms with Crippen molar-refractivity contribution in [1.82, 2.24) is 9.88 Å². The molecule has 1 N–H and O–H groups in total. The number of thiazole rings is 1. The summed E-state index contributed by atoms with van der Waals surface area (Å²) < 4.78 is 5.17. The first-order valence-corrected chi connectivity index (χ1v) is 11.1. The van der Waals surface area contributed by atoms with E-state index in [2.05, 4.69) is 22.4 Å². The number of benzene rings is 1. The SMILES string of the molecule is Cc1occc1C(=O)Nc1nc(CC(=O)N2CCCC[C@H]2Cc2ccccc2)cs1. The topological polar surface area (TPSA) is 75.4 Å². The van der Waals surface area contributed by atoms with Crippen molar-refractivity contribution in [3.05, 3.63) is 70.6 Å². The van der Waals surface area contributed by atoms with E-state index in [-0.39, 0.29) is 24.3 Å². The fourth-order valence-electron chi connectivity index (χ4n) is 3.91. The summed E-state index contributed by atoms with van der Waals surface area (Å²) in [6.45, 7) is 2.54. The molecule has 156 valence electrons. The normalized spacial score (nSPS) is 16.4. The van der Waals surface area contributed by atoms with Crippen LogP contribution in [0.4, 0.5) is 5.13 Å². The monoisotopic (exact) mass is 423 g/mol. The number of rotatable bonds is 6. The fraction of sp³-hybridized carbons (Fsp3) is 0.348. The third kappa shape index (κ3) is 4.79. The van der Waals surface area contributed by atoms with Crippen molar-refractivity contribution >= 4 is 28.3 Å². The van der Waals surface area contributed by atoms with Crippen LogP contribution in [0.1, 0.15) is 46.6 Å². The van der Waals surface area contributed by atoms with Crippen LogP contribution in [0, 0.1) is 6.92 Å². The Balaban J connectivity index is 1.38. The van der Waals surface area contributed by atoms with E-state index in [9.17, 15) is 9.59 Å². The lowest BCUT2D eigenvalue weighted by Crippen LogP contribution is -2.45. The number of carbonyl (C=O) groups is 2. The molecule has 1 aliphatic rings. The van der Waals surface area contributed by atoms with Crippen LogP contribution in [0.15, 0.2) is 52.5 Å². The van der Waals surface area contributed by atoms with E-state index in [1.54, 1.807) is 13.0 Å². The van der Waals surface area contributed by atoms with E-state index < -0.39 is 0 Å². The van der Waals surface area contributed by atoms with Gasteiger partial charge in [0.25, 0.3) is 5.91 Å². The maximum absolute atomic E-state index is 13.0. The number of hydrogen-bond acceptors (Lipinski definition) is 5. The highest BCUT2D eigenvalue weighted by molar-refractivity contribution is 7.14. The molecule has 3 aromatic rings. The highest BCUT2D eigenvalue weighted by atomic mass is 32.1. The lowest BCUT2D eigenvalue weighted by atomic mass is 9.95. The summed E-state index contributed by atoms with van der Waals surface area (Å²) in [5.74, 6) is 0.408. The van der Waals surface area contributed by atoms with Crippen molar-refractivity contribution < 1.29 is 14.0 Å². The number of carbonyl (C=O) groups excluding carboxylic acids is 2. The third-order valence-electron chi connectivity index (χ3n) is 5.47. The predicted octanol–water partition coefficient (Wildman–Crippen LogP) is 4.46. The molecule has 6 nitrogen and oxygen atoms in total. The van der Waals surface area contributed by atoms with Gasteiger partial charge in [0.1, 0.15) is 5.76 Å². The summed E-state index contributed by atoms with van der Waals surface area (Å²) in [6, 6.07) is 12.2. The Kier molecular flexibility index (Phi) is 6.28. The van der Waals surface area contributed by atoms with Crippen LogP contribution in [-0.4, -0.2) is 34.3 Å². The first-order valence-electron chi connectivity index (χ1n) is 10.2. The Labute approximate surface area is 179 Å². The van der Waals surface area contributed by atoms with Crippen LogP contribution in [0.2, 0.25) is 0 Å². The zero-order valence-electron chi connectivity index (χ0n) is 17.0. The molecule has 30 heavy (non-hydrogen) atoms. The van der Waals surface area contributed by atoms with Crippen molar-refractivity contribution in [2.45, 2.75) is 45.1 Å². The molecule has 0 unspecified atom stereocenters. The number of hydrogen-bond donors (Lipinski definition) is 1. The lowest BCUT2D eigenvalue weighted by Gasteiger charge is -2.36. The third-order valence-corrected chi connectivity index (χ3v) is 6.28. The number of amides is 2. The molecule has 0 spiro atoms. The minimum Gasteiger partial charge on any atom is -0.469 e. The summed E-state index contributed by atoms with van der Waals surface area (Å²) in [4.78, 5) is 31.8. The van der Waals surface area contributed by atoms with Gasteiger partial charge in [-0.2, -0.15) is 0 Å². The maximum Gasteiger partial charge on any atom is 0.260 e. The zero-order valence-corrected chi connectivity index (χ0v) is 17.8. The molecule has 3 heterocycles. The number of furan rings is 1. The van der Waals surface area contributed by atoms with Gasteiger partial charge in [0, 0.05) is 18.0 Å². The molecule has 2 amide bonds. The van der Waals surface area contributed by atoms with Crippen molar-refractivity contribution in [1.29, 1.82) is 0 Å². The molecule has 1 saturated heterocycles. The summed E-state index contributed by atoms with van der Waals surface area (Å²) >= 11 is 1.33. The molecule has 1 atom stereocenters. The Bertz CT molecular complexity index is 1010. The van der Waals surface area contributed by atoms with Gasteiger partial charge in [-0.1, -0.05) is 30.3 Å². The molecular weight excluding hydrogens is 398 g/mol. The summed E-state index contributed by atoms with van der Waals surface area (Å²) in [7, 11) is 0. The Morgan fingerprint density at radius 2 is 2.07 bits per heavy atom. The van der Waals surface area contributed by atoms with Gasteiger partial charge < -0.3 is 9.32 Å². The molecule has 0 radical (unpaired) electrons. The van der Waals surface area contributed by atoms with Crippen LogP contribution in [0.25, 0.3) is 0 Å². The van der Waals surface area contributed by atoms with E-state index >= 15 is 0 Å². The van der Waals surface area contributed by atoms with Crippen LogP contribution in [0.5, 0.6) is 0 Å². The molecule has 0 saturated carbocycles. The molecule has 4 rings (SSSR count). The number of aromatic nitrogens is 1. The number of piperidine rings is 1. The number of nitrogens with zero attached hydrogens (tertiary/aromatic N) is 2. The van der Waals surface area contributed by atoms with E-state index in [1.807, 2.05) is 28.5 Å². The smallest absolute Gasteiger partial charge is 0.260 e. The Hall–Kier alpha value is -2.93. The largest absolute Gasteiger partial charge is 0.469 e. The van der Waals surface area contributed by atoms with E-state index in [1.165, 1.54) is 23.2 Å². The Morgan fingerprint density at radius 1 is 1.23 bits per heavy atom. The first-order chi connectivity index (χ1) is 14.6. The average molecular weight is 424 g/mol. The standard InChI is InChI=1S/C23H25N3O3S/c1-16-20(10-12-29-16)22(28)25-23-24-18(15-30-23)14-21(27)26-11-6-5-9-19(26)13-17-7-3-2-4-8-17/h2-4,7-8,10,12,15,19H,5-6,9,11,13-14H2,1H3,(H,24,25,28)/t19-/m0/s1. The number of aryl methyl sites for hydroxylation is 1. The number of anilines is 1. The van der Waals surface area contributed by atoms with Gasteiger partial charge >= 0.3 is 0 Å². The predicted molar refractivity (Wildman–Crippen MR) is 117 cm³/mol. The molecule has 7 heteroatoms. The molecule has 0 bridgehead atoms. The quantitative estimate of drug-likeness (QED) is 0.635. The molecule has 0 aliphatic carbocycles. The molecular formula is C23H25N3O3S. The van der Waals surface area contributed by atoms with Crippen molar-refractivity contribution in [3.63, 3.8) is 0 Å². The van der Waals surface area contributed by atoms with E-state index in [4.69, 9.17) is 4.42 Å². The van der Waals surface area contributed by atoms with Crippen LogP contribution in [0.3, 0.4) is 0 Å². The number of likely N-dealkylation sites (tertiary alicyclic amines) is 1. The van der Waals surface area contributed by atoms with Gasteiger partial charge in [-0.05, 0) is 44.2 Å². The van der Waals surface area contributed by atoms with Gasteiger partial charge in [0.05, 0.1) is 23.9 Å². The van der Waals surface area contributed by atoms with Gasteiger partial charge in [-0.25, -0.2) is 4.98 Å². The second kappa shape index (κ2) is 9.26. The van der Waals surface area contributed by atoms with E-state index in [0.717, 1.165) is 32.2 Å². The van der Waals surface area contributed by atoms with Gasteiger partial charge in [-0.15, -0.1) is 11.3 Å². The molecule has 1 fully saturated rings. The molecule has 1 aromatic carbocycles. The highest BCUT2D eigenvalue weighted by Crippen LogP contribution is 2.23. The van der Waals surface area contributed by atoms with Crippen molar-refractivity contribution in [2.24, 2.45) is 0 Å². The highest BCUT2D eigenvalue weighted by Gasteiger charge is 2.27. The summed E-state index contributed by atoms with van der Waals surface area (Å²) in [5, 5.41) is 5.11. The minimum atomic E-state index is -0.257. The minimum absolute atomic E-state index is 0.101. The first kappa shape index (κ1) is 20.3. The van der Waals surface area contributed by atoms with Crippen LogP contribution < -0.4 is 5.32 Å². The zero-order chi connectivity index (χ0) is 20.9. The second-order valence-electron chi connectivity index (χ2n) is 7.59. The fourth-order valence-corrected chi connectivity index (χ4v) is 4.62. The van der Waals surface area contributed by atoms with Crippen LogP contribution >= 0.6 is 11.3 Å². The lowest BCUT2D eigenvalue weighted by molar-refractivity contribution is -0.134. The average Bonchev–Trinajstić information content (AvgIpc) is 3.37. The van der Waals surface area contributed by atoms with E-state index in [0.29, 0.717) is 22.1 Å². The molecule has 1 aliphatic heterocycles. The summed E-state index contributed by atoms with van der Waals surface area (Å²) in [6.07, 6.45) is 5.85.